The number of fused-ring (bicyclic) bond motifs is 2. The third-order valence-corrected chi connectivity index (χ3v) is 5.22. The monoisotopic (exact) mass is 357 g/mol. The highest BCUT2D eigenvalue weighted by molar-refractivity contribution is 5.95. The fourth-order valence-electron chi connectivity index (χ4n) is 3.90. The second-order valence-corrected chi connectivity index (χ2v) is 6.96. The minimum atomic E-state index is 0.166. The van der Waals surface area contributed by atoms with Gasteiger partial charge in [0, 0.05) is 35.3 Å². The van der Waals surface area contributed by atoms with Crippen molar-refractivity contribution in [3.05, 3.63) is 23.4 Å². The molecule has 1 aromatic heterocycles. The van der Waals surface area contributed by atoms with Crippen LogP contribution in [0.5, 0.6) is 11.5 Å². The van der Waals surface area contributed by atoms with Crippen LogP contribution in [0.3, 0.4) is 0 Å². The van der Waals surface area contributed by atoms with Gasteiger partial charge in [0.1, 0.15) is 0 Å². The van der Waals surface area contributed by atoms with Crippen LogP contribution in [0.2, 0.25) is 0 Å². The molecule has 0 radical (unpaired) electrons. The summed E-state index contributed by atoms with van der Waals surface area (Å²) in [5.74, 6) is 0.657. The van der Waals surface area contributed by atoms with E-state index >= 15 is 0 Å². The highest BCUT2D eigenvalue weighted by Gasteiger charge is 2.22. The number of anilines is 1. The maximum atomic E-state index is 10.4. The highest BCUT2D eigenvalue weighted by atomic mass is 16.5. The summed E-state index contributed by atoms with van der Waals surface area (Å²) in [5.41, 5.74) is 4.31. The second kappa shape index (κ2) is 7.68. The zero-order valence-electron chi connectivity index (χ0n) is 15.3. The summed E-state index contributed by atoms with van der Waals surface area (Å²) in [7, 11) is 0. The van der Waals surface area contributed by atoms with Gasteiger partial charge in [-0.2, -0.15) is 0 Å². The van der Waals surface area contributed by atoms with Gasteiger partial charge in [0.2, 0.25) is 0 Å². The molecule has 4 rings (SSSR count). The van der Waals surface area contributed by atoms with Crippen molar-refractivity contribution in [1.82, 2.24) is 10.3 Å². The largest absolute Gasteiger partial charge is 0.504 e. The molecule has 6 nitrogen and oxygen atoms in total. The van der Waals surface area contributed by atoms with Crippen LogP contribution in [0, 0.1) is 0 Å². The number of hydrogen-bond donors (Lipinski definition) is 3. The number of benzene rings is 1. The average molecular weight is 357 g/mol. The molecule has 0 saturated carbocycles. The van der Waals surface area contributed by atoms with Gasteiger partial charge in [-0.1, -0.05) is 0 Å². The summed E-state index contributed by atoms with van der Waals surface area (Å²) in [6.45, 7) is 5.91. The minimum absolute atomic E-state index is 0.166. The molecular weight excluding hydrogens is 330 g/mol. The number of hydrogen-bond acceptors (Lipinski definition) is 6. The third kappa shape index (κ3) is 3.44. The first-order valence-electron chi connectivity index (χ1n) is 9.62. The van der Waals surface area contributed by atoms with E-state index in [2.05, 4.69) is 10.6 Å². The number of phenolic OH excluding ortho intramolecular Hbond substituents is 1. The zero-order chi connectivity index (χ0) is 17.9. The Kier molecular flexibility index (Phi) is 5.13. The molecule has 6 heteroatoms. The van der Waals surface area contributed by atoms with Gasteiger partial charge < -0.3 is 25.2 Å². The average Bonchev–Trinajstić information content (AvgIpc) is 2.89. The Morgan fingerprint density at radius 1 is 1.27 bits per heavy atom. The lowest BCUT2D eigenvalue weighted by Gasteiger charge is -2.27. The van der Waals surface area contributed by atoms with E-state index in [1.807, 2.05) is 13.0 Å². The lowest BCUT2D eigenvalue weighted by atomic mass is 9.99. The molecular formula is C20H27N3O3. The van der Waals surface area contributed by atoms with Gasteiger partial charge in [0.25, 0.3) is 0 Å². The van der Waals surface area contributed by atoms with Crippen molar-refractivity contribution < 1.29 is 14.6 Å². The first kappa shape index (κ1) is 17.4. The normalized spacial score (nSPS) is 18.3. The van der Waals surface area contributed by atoms with E-state index in [1.54, 1.807) is 6.07 Å². The third-order valence-electron chi connectivity index (χ3n) is 5.22. The van der Waals surface area contributed by atoms with E-state index in [0.717, 1.165) is 61.1 Å². The van der Waals surface area contributed by atoms with E-state index in [4.69, 9.17) is 14.5 Å². The van der Waals surface area contributed by atoms with Crippen LogP contribution in [-0.4, -0.2) is 49.0 Å². The van der Waals surface area contributed by atoms with E-state index < -0.39 is 0 Å². The van der Waals surface area contributed by atoms with Crippen LogP contribution in [0.1, 0.15) is 31.0 Å². The number of ether oxygens (including phenoxy) is 2. The lowest BCUT2D eigenvalue weighted by Crippen LogP contribution is -2.35. The number of aromatic hydroxyl groups is 1. The van der Waals surface area contributed by atoms with Crippen LogP contribution in [-0.2, 0) is 17.6 Å². The van der Waals surface area contributed by atoms with Gasteiger partial charge in [-0.25, -0.2) is 0 Å². The second-order valence-electron chi connectivity index (χ2n) is 6.96. The summed E-state index contributed by atoms with van der Waals surface area (Å²) >= 11 is 0. The molecule has 0 aliphatic carbocycles. The molecule has 1 aromatic carbocycles. The number of piperidine rings is 1. The predicted molar refractivity (Wildman–Crippen MR) is 102 cm³/mol. The Bertz CT molecular complexity index is 788. The summed E-state index contributed by atoms with van der Waals surface area (Å²) in [5, 5.41) is 18.6. The molecule has 0 amide bonds. The highest BCUT2D eigenvalue weighted by Crippen LogP contribution is 2.38. The smallest absolute Gasteiger partial charge is 0.163 e. The molecule has 3 N–H and O–H groups in total. The van der Waals surface area contributed by atoms with Crippen molar-refractivity contribution in [3.63, 3.8) is 0 Å². The molecule has 26 heavy (non-hydrogen) atoms. The van der Waals surface area contributed by atoms with E-state index in [1.165, 1.54) is 5.56 Å². The quantitative estimate of drug-likeness (QED) is 0.781. The van der Waals surface area contributed by atoms with Crippen molar-refractivity contribution >= 4 is 16.6 Å². The molecule has 1 fully saturated rings. The van der Waals surface area contributed by atoms with E-state index in [0.29, 0.717) is 31.6 Å². The molecule has 0 bridgehead atoms. The van der Waals surface area contributed by atoms with E-state index in [9.17, 15) is 5.11 Å². The maximum Gasteiger partial charge on any atom is 0.163 e. The Labute approximate surface area is 153 Å². The lowest BCUT2D eigenvalue weighted by molar-refractivity contribution is 0.146. The van der Waals surface area contributed by atoms with Crippen LogP contribution < -0.4 is 15.4 Å². The number of phenols is 1. The Hall–Kier alpha value is -2.05. The van der Waals surface area contributed by atoms with Crippen LogP contribution >= 0.6 is 0 Å². The Morgan fingerprint density at radius 3 is 2.88 bits per heavy atom. The first-order valence-corrected chi connectivity index (χ1v) is 9.62. The Morgan fingerprint density at radius 2 is 2.08 bits per heavy atom. The fourth-order valence-corrected chi connectivity index (χ4v) is 3.90. The molecule has 0 atom stereocenters. The van der Waals surface area contributed by atoms with Crippen molar-refractivity contribution in [2.45, 2.75) is 38.6 Å². The van der Waals surface area contributed by atoms with Crippen molar-refractivity contribution in [2.75, 3.05) is 38.2 Å². The van der Waals surface area contributed by atoms with Crippen LogP contribution in [0.4, 0.5) is 5.69 Å². The number of pyridine rings is 1. The molecule has 2 aliphatic heterocycles. The van der Waals surface area contributed by atoms with Gasteiger partial charge in [0.05, 0.1) is 25.3 Å². The van der Waals surface area contributed by atoms with Gasteiger partial charge in [0.15, 0.2) is 11.5 Å². The van der Waals surface area contributed by atoms with Crippen LogP contribution in [0.15, 0.2) is 12.1 Å². The van der Waals surface area contributed by atoms with Gasteiger partial charge in [-0.15, -0.1) is 0 Å². The SMILES string of the molecule is CCOc1cc2nc3c(c(NC4CCNCC4)c2cc1O)CCOCC3. The number of rotatable bonds is 4. The summed E-state index contributed by atoms with van der Waals surface area (Å²) in [4.78, 5) is 4.89. The standard InChI is InChI=1S/C20H27N3O3/c1-2-26-19-12-17-15(11-18(19)24)20(22-13-3-7-21-8-4-13)14-5-9-25-10-6-16(14)23-17/h11-13,21,24H,2-10H2,1H3,(H,22,23). The molecule has 0 unspecified atom stereocenters. The first-order chi connectivity index (χ1) is 12.8. The van der Waals surface area contributed by atoms with Gasteiger partial charge >= 0.3 is 0 Å². The van der Waals surface area contributed by atoms with Crippen molar-refractivity contribution in [1.29, 1.82) is 0 Å². The minimum Gasteiger partial charge on any atom is -0.504 e. The maximum absolute atomic E-state index is 10.4. The Balaban J connectivity index is 1.83. The molecule has 1 saturated heterocycles. The summed E-state index contributed by atoms with van der Waals surface area (Å²) in [6, 6.07) is 4.08. The van der Waals surface area contributed by atoms with Gasteiger partial charge in [-0.05, 0) is 50.9 Å². The molecule has 0 spiro atoms. The van der Waals surface area contributed by atoms with E-state index in [-0.39, 0.29) is 5.75 Å². The van der Waals surface area contributed by atoms with Gasteiger partial charge in [-0.3, -0.25) is 4.98 Å². The molecule has 140 valence electrons. The summed E-state index contributed by atoms with van der Waals surface area (Å²) < 4.78 is 11.2. The summed E-state index contributed by atoms with van der Waals surface area (Å²) in [6.07, 6.45) is 3.85. The molecule has 3 heterocycles. The zero-order valence-corrected chi connectivity index (χ0v) is 15.3. The van der Waals surface area contributed by atoms with Crippen LogP contribution in [0.25, 0.3) is 10.9 Å². The number of nitrogens with one attached hydrogen (secondary N) is 2. The van der Waals surface area contributed by atoms with Crippen molar-refractivity contribution in [3.8, 4) is 11.5 Å². The molecule has 2 aliphatic rings. The van der Waals surface area contributed by atoms with Crippen molar-refractivity contribution in [2.24, 2.45) is 0 Å². The fraction of sp³-hybridized carbons (Fsp3) is 0.550. The number of aromatic nitrogens is 1. The topological polar surface area (TPSA) is 75.6 Å². The predicted octanol–water partition coefficient (Wildman–Crippen LogP) is 2.62. The number of nitrogens with zero attached hydrogens (tertiary/aromatic N) is 1. The molecule has 2 aromatic rings.